The maximum atomic E-state index is 12.2. The smallest absolute Gasteiger partial charge is 0.225 e. The average Bonchev–Trinajstić information content (AvgIpc) is 2.58. The molecule has 23 heavy (non-hydrogen) atoms. The van der Waals surface area contributed by atoms with Crippen LogP contribution in [0.3, 0.4) is 0 Å². The number of carbonyl (C=O) groups excluding carboxylic acids is 2. The molecular formula is C16H25N5O2. The standard InChI is InChI=1S/C16H25N5O2/c1-12(2)16(23)21-9-3-4-13(11-21)15(22)20-8-7-19-14-10-17-5-6-18-14/h5-6,10,12-13H,3-4,7-9,11H2,1-2H3,(H,18,19)(H,20,22)/t13-/m0/s1. The van der Waals surface area contributed by atoms with Gasteiger partial charge in [0.15, 0.2) is 0 Å². The molecule has 2 rings (SSSR count). The lowest BCUT2D eigenvalue weighted by Crippen LogP contribution is -2.47. The first-order valence-electron chi connectivity index (χ1n) is 8.14. The molecule has 0 bridgehead atoms. The molecular weight excluding hydrogens is 294 g/mol. The van der Waals surface area contributed by atoms with Gasteiger partial charge < -0.3 is 15.5 Å². The Morgan fingerprint density at radius 1 is 1.35 bits per heavy atom. The van der Waals surface area contributed by atoms with Gasteiger partial charge in [-0.1, -0.05) is 13.8 Å². The summed E-state index contributed by atoms with van der Waals surface area (Å²) in [4.78, 5) is 34.2. The second-order valence-corrected chi connectivity index (χ2v) is 6.09. The summed E-state index contributed by atoms with van der Waals surface area (Å²) in [6.07, 6.45) is 6.58. The predicted molar refractivity (Wildman–Crippen MR) is 87.7 cm³/mol. The fourth-order valence-electron chi connectivity index (χ4n) is 2.67. The second kappa shape index (κ2) is 8.45. The molecule has 1 aliphatic rings. The van der Waals surface area contributed by atoms with Crippen molar-refractivity contribution >= 4 is 17.6 Å². The number of hydrogen-bond acceptors (Lipinski definition) is 5. The van der Waals surface area contributed by atoms with Crippen molar-refractivity contribution in [1.82, 2.24) is 20.2 Å². The van der Waals surface area contributed by atoms with E-state index in [1.165, 1.54) is 0 Å². The molecule has 1 fully saturated rings. The number of piperidine rings is 1. The van der Waals surface area contributed by atoms with Crippen molar-refractivity contribution in [3.63, 3.8) is 0 Å². The monoisotopic (exact) mass is 319 g/mol. The summed E-state index contributed by atoms with van der Waals surface area (Å²) < 4.78 is 0. The van der Waals surface area contributed by atoms with Crippen LogP contribution in [0.1, 0.15) is 26.7 Å². The summed E-state index contributed by atoms with van der Waals surface area (Å²) in [5.41, 5.74) is 0. The van der Waals surface area contributed by atoms with E-state index in [0.29, 0.717) is 25.5 Å². The molecule has 7 heteroatoms. The van der Waals surface area contributed by atoms with E-state index in [9.17, 15) is 9.59 Å². The number of nitrogens with one attached hydrogen (secondary N) is 2. The molecule has 1 aromatic heterocycles. The molecule has 2 heterocycles. The number of nitrogens with zero attached hydrogens (tertiary/aromatic N) is 3. The highest BCUT2D eigenvalue weighted by molar-refractivity contribution is 5.82. The van der Waals surface area contributed by atoms with Gasteiger partial charge in [-0.2, -0.15) is 0 Å². The Hall–Kier alpha value is -2.18. The zero-order valence-corrected chi connectivity index (χ0v) is 13.8. The molecule has 0 spiro atoms. The van der Waals surface area contributed by atoms with Crippen LogP contribution in [0.4, 0.5) is 5.82 Å². The summed E-state index contributed by atoms with van der Waals surface area (Å²) >= 11 is 0. The van der Waals surface area contributed by atoms with Crippen LogP contribution in [0.5, 0.6) is 0 Å². The second-order valence-electron chi connectivity index (χ2n) is 6.09. The minimum absolute atomic E-state index is 0.0204. The van der Waals surface area contributed by atoms with Crippen molar-refractivity contribution in [2.45, 2.75) is 26.7 Å². The minimum Gasteiger partial charge on any atom is -0.367 e. The van der Waals surface area contributed by atoms with Crippen molar-refractivity contribution in [3.05, 3.63) is 18.6 Å². The summed E-state index contributed by atoms with van der Waals surface area (Å²) in [5, 5.41) is 6.02. The van der Waals surface area contributed by atoms with Crippen molar-refractivity contribution in [1.29, 1.82) is 0 Å². The Kier molecular flexibility index (Phi) is 6.31. The lowest BCUT2D eigenvalue weighted by atomic mass is 9.96. The fraction of sp³-hybridized carbons (Fsp3) is 0.625. The first-order valence-corrected chi connectivity index (χ1v) is 8.14. The lowest BCUT2D eigenvalue weighted by molar-refractivity contribution is -0.138. The maximum absolute atomic E-state index is 12.2. The minimum atomic E-state index is -0.108. The molecule has 126 valence electrons. The normalized spacial score (nSPS) is 17.9. The van der Waals surface area contributed by atoms with E-state index < -0.39 is 0 Å². The number of anilines is 1. The topological polar surface area (TPSA) is 87.2 Å². The largest absolute Gasteiger partial charge is 0.367 e. The van der Waals surface area contributed by atoms with Gasteiger partial charge in [-0.05, 0) is 12.8 Å². The average molecular weight is 319 g/mol. The van der Waals surface area contributed by atoms with Crippen LogP contribution in [0, 0.1) is 11.8 Å². The zero-order chi connectivity index (χ0) is 16.7. The van der Waals surface area contributed by atoms with Crippen LogP contribution in [-0.2, 0) is 9.59 Å². The SMILES string of the molecule is CC(C)C(=O)N1CCC[C@H](C(=O)NCCNc2cnccn2)C1. The Labute approximate surface area is 136 Å². The molecule has 1 saturated heterocycles. The van der Waals surface area contributed by atoms with Gasteiger partial charge in [-0.15, -0.1) is 0 Å². The molecule has 1 aliphatic heterocycles. The fourth-order valence-corrected chi connectivity index (χ4v) is 2.67. The van der Waals surface area contributed by atoms with Crippen molar-refractivity contribution in [3.8, 4) is 0 Å². The van der Waals surface area contributed by atoms with E-state index in [1.807, 2.05) is 18.7 Å². The third-order valence-electron chi connectivity index (χ3n) is 3.89. The van der Waals surface area contributed by atoms with Crippen molar-refractivity contribution in [2.75, 3.05) is 31.5 Å². The third kappa shape index (κ3) is 5.19. The van der Waals surface area contributed by atoms with Gasteiger partial charge >= 0.3 is 0 Å². The Morgan fingerprint density at radius 3 is 2.87 bits per heavy atom. The summed E-state index contributed by atoms with van der Waals surface area (Å²) in [5.74, 6) is 0.711. The number of aromatic nitrogens is 2. The number of rotatable bonds is 6. The van der Waals surface area contributed by atoms with Gasteiger partial charge in [0.25, 0.3) is 0 Å². The van der Waals surface area contributed by atoms with Gasteiger partial charge in [-0.3, -0.25) is 14.6 Å². The highest BCUT2D eigenvalue weighted by Gasteiger charge is 2.28. The molecule has 2 N–H and O–H groups in total. The molecule has 0 saturated carbocycles. The van der Waals surface area contributed by atoms with Gasteiger partial charge in [0.1, 0.15) is 5.82 Å². The van der Waals surface area contributed by atoms with E-state index in [2.05, 4.69) is 20.6 Å². The van der Waals surface area contributed by atoms with Crippen molar-refractivity contribution < 1.29 is 9.59 Å². The first kappa shape index (κ1) is 17.2. The number of likely N-dealkylation sites (tertiary alicyclic amines) is 1. The Bertz CT molecular complexity index is 520. The first-order chi connectivity index (χ1) is 11.1. The predicted octanol–water partition coefficient (Wildman–Crippen LogP) is 0.899. The quantitative estimate of drug-likeness (QED) is 0.761. The Morgan fingerprint density at radius 2 is 2.17 bits per heavy atom. The molecule has 0 radical (unpaired) electrons. The molecule has 1 atom stereocenters. The van der Waals surface area contributed by atoms with Crippen LogP contribution in [0.25, 0.3) is 0 Å². The van der Waals surface area contributed by atoms with E-state index >= 15 is 0 Å². The van der Waals surface area contributed by atoms with Gasteiger partial charge in [0, 0.05) is 44.5 Å². The highest BCUT2D eigenvalue weighted by atomic mass is 16.2. The van der Waals surface area contributed by atoms with Gasteiger partial charge in [0.05, 0.1) is 12.1 Å². The highest BCUT2D eigenvalue weighted by Crippen LogP contribution is 2.18. The summed E-state index contributed by atoms with van der Waals surface area (Å²) in [6.45, 7) is 6.18. The molecule has 0 unspecified atom stereocenters. The van der Waals surface area contributed by atoms with E-state index in [-0.39, 0.29) is 23.7 Å². The van der Waals surface area contributed by atoms with Gasteiger partial charge in [-0.25, -0.2) is 4.98 Å². The molecule has 1 aromatic rings. The summed E-state index contributed by atoms with van der Waals surface area (Å²) in [7, 11) is 0. The van der Waals surface area contributed by atoms with Crippen LogP contribution in [0.2, 0.25) is 0 Å². The molecule has 2 amide bonds. The zero-order valence-electron chi connectivity index (χ0n) is 13.8. The Balaban J connectivity index is 1.71. The molecule has 0 aliphatic carbocycles. The maximum Gasteiger partial charge on any atom is 0.225 e. The molecule has 0 aromatic carbocycles. The van der Waals surface area contributed by atoms with Crippen LogP contribution in [-0.4, -0.2) is 52.9 Å². The van der Waals surface area contributed by atoms with E-state index in [0.717, 1.165) is 19.4 Å². The van der Waals surface area contributed by atoms with Crippen LogP contribution >= 0.6 is 0 Å². The molecule has 7 nitrogen and oxygen atoms in total. The summed E-state index contributed by atoms with van der Waals surface area (Å²) in [6, 6.07) is 0. The third-order valence-corrected chi connectivity index (χ3v) is 3.89. The van der Waals surface area contributed by atoms with Crippen LogP contribution in [0.15, 0.2) is 18.6 Å². The number of carbonyl (C=O) groups is 2. The van der Waals surface area contributed by atoms with Gasteiger partial charge in [0.2, 0.25) is 11.8 Å². The number of hydrogen-bond donors (Lipinski definition) is 2. The lowest BCUT2D eigenvalue weighted by Gasteiger charge is -2.33. The van der Waals surface area contributed by atoms with E-state index in [4.69, 9.17) is 0 Å². The van der Waals surface area contributed by atoms with E-state index in [1.54, 1.807) is 18.6 Å². The van der Waals surface area contributed by atoms with Crippen molar-refractivity contribution in [2.24, 2.45) is 11.8 Å². The number of amides is 2. The van der Waals surface area contributed by atoms with Crippen LogP contribution < -0.4 is 10.6 Å².